The minimum Gasteiger partial charge on any atom is -0.507 e. The number of phenolic OH excluding ortho intramolecular Hbond substituents is 1. The van der Waals surface area contributed by atoms with Crippen LogP contribution in [0.4, 0.5) is 5.95 Å². The molecule has 0 aliphatic heterocycles. The zero-order valence-corrected chi connectivity index (χ0v) is 15.3. The van der Waals surface area contributed by atoms with Crippen LogP contribution < -0.4 is 5.43 Å². The quantitative estimate of drug-likeness (QED) is 0.426. The average Bonchev–Trinajstić information content (AvgIpc) is 2.92. The van der Waals surface area contributed by atoms with Crippen LogP contribution in [0.2, 0.25) is 0 Å². The molecular weight excluding hydrogens is 328 g/mol. The molecule has 134 valence electrons. The Labute approximate surface area is 152 Å². The van der Waals surface area contributed by atoms with Crippen LogP contribution in [0.1, 0.15) is 42.3 Å². The number of rotatable bonds is 4. The molecule has 0 radical (unpaired) electrons. The van der Waals surface area contributed by atoms with Crippen LogP contribution in [-0.4, -0.2) is 27.2 Å². The van der Waals surface area contributed by atoms with Crippen molar-refractivity contribution in [3.05, 3.63) is 53.1 Å². The lowest BCUT2D eigenvalue weighted by Crippen LogP contribution is -2.12. The second-order valence-corrected chi connectivity index (χ2v) is 7.22. The first kappa shape index (κ1) is 17.7. The fraction of sp³-hybridized carbons (Fsp3) is 0.250. The van der Waals surface area contributed by atoms with Crippen molar-refractivity contribution in [3.63, 3.8) is 0 Å². The first-order valence-electron chi connectivity index (χ1n) is 8.34. The SMILES string of the molecule is Cn1c(NN=Cc2cc(C(C)(C)C)cc(C=O)c2O)nc2ccccc21. The molecule has 1 heterocycles. The van der Waals surface area contributed by atoms with Crippen molar-refractivity contribution in [2.75, 3.05) is 5.43 Å². The Kier molecular flexibility index (Phi) is 4.50. The van der Waals surface area contributed by atoms with E-state index in [9.17, 15) is 9.90 Å². The smallest absolute Gasteiger partial charge is 0.224 e. The van der Waals surface area contributed by atoms with E-state index in [4.69, 9.17) is 0 Å². The topological polar surface area (TPSA) is 79.5 Å². The van der Waals surface area contributed by atoms with Crippen molar-refractivity contribution in [1.82, 2.24) is 9.55 Å². The third kappa shape index (κ3) is 3.31. The van der Waals surface area contributed by atoms with Crippen molar-refractivity contribution in [1.29, 1.82) is 0 Å². The summed E-state index contributed by atoms with van der Waals surface area (Å²) in [7, 11) is 1.90. The number of aromatic hydroxyl groups is 1. The van der Waals surface area contributed by atoms with Crippen LogP contribution >= 0.6 is 0 Å². The molecule has 0 amide bonds. The van der Waals surface area contributed by atoms with Gasteiger partial charge >= 0.3 is 0 Å². The highest BCUT2D eigenvalue weighted by molar-refractivity contribution is 5.91. The molecule has 3 rings (SSSR count). The number of para-hydroxylation sites is 2. The third-order valence-electron chi connectivity index (χ3n) is 4.32. The van der Waals surface area contributed by atoms with Crippen LogP contribution in [-0.2, 0) is 12.5 Å². The summed E-state index contributed by atoms with van der Waals surface area (Å²) >= 11 is 0. The lowest BCUT2D eigenvalue weighted by atomic mass is 9.85. The summed E-state index contributed by atoms with van der Waals surface area (Å²) in [6, 6.07) is 11.3. The van der Waals surface area contributed by atoms with E-state index in [0.29, 0.717) is 17.8 Å². The van der Waals surface area contributed by atoms with Gasteiger partial charge in [-0.15, -0.1) is 0 Å². The number of carbonyl (C=O) groups excluding carboxylic acids is 1. The maximum absolute atomic E-state index is 11.3. The van der Waals surface area contributed by atoms with Crippen molar-refractivity contribution in [2.24, 2.45) is 12.1 Å². The van der Waals surface area contributed by atoms with Gasteiger partial charge in [-0.25, -0.2) is 10.4 Å². The summed E-state index contributed by atoms with van der Waals surface area (Å²) in [6.07, 6.45) is 2.15. The molecule has 0 saturated carbocycles. The Bertz CT molecular complexity index is 997. The van der Waals surface area contributed by atoms with E-state index in [1.54, 1.807) is 6.07 Å². The Morgan fingerprint density at radius 1 is 1.19 bits per heavy atom. The van der Waals surface area contributed by atoms with Gasteiger partial charge in [0.05, 0.1) is 22.8 Å². The molecule has 2 N–H and O–H groups in total. The molecule has 0 unspecified atom stereocenters. The molecule has 0 aliphatic carbocycles. The van der Waals surface area contributed by atoms with Crippen LogP contribution in [0, 0.1) is 0 Å². The molecule has 3 aromatic rings. The molecule has 2 aromatic carbocycles. The molecule has 0 fully saturated rings. The van der Waals surface area contributed by atoms with Gasteiger partial charge in [0.15, 0.2) is 6.29 Å². The van der Waals surface area contributed by atoms with E-state index in [-0.39, 0.29) is 16.7 Å². The van der Waals surface area contributed by atoms with E-state index in [0.717, 1.165) is 16.6 Å². The van der Waals surface area contributed by atoms with E-state index in [2.05, 4.69) is 15.5 Å². The molecule has 6 heteroatoms. The summed E-state index contributed by atoms with van der Waals surface area (Å²) in [5, 5.41) is 14.5. The largest absolute Gasteiger partial charge is 0.507 e. The number of carbonyl (C=O) groups is 1. The molecule has 26 heavy (non-hydrogen) atoms. The minimum atomic E-state index is -0.154. The van der Waals surface area contributed by atoms with Gasteiger partial charge in [-0.1, -0.05) is 32.9 Å². The molecule has 0 aliphatic rings. The second kappa shape index (κ2) is 6.63. The molecule has 1 aromatic heterocycles. The molecule has 0 spiro atoms. The van der Waals surface area contributed by atoms with Crippen molar-refractivity contribution < 1.29 is 9.90 Å². The lowest BCUT2D eigenvalue weighted by Gasteiger charge is -2.20. The summed E-state index contributed by atoms with van der Waals surface area (Å²) in [5.74, 6) is 0.507. The normalized spacial score (nSPS) is 12.0. The van der Waals surface area contributed by atoms with Crippen molar-refractivity contribution in [3.8, 4) is 5.75 Å². The standard InChI is InChI=1S/C20H22N4O2/c1-20(2,3)15-9-13(18(26)14(10-15)12-25)11-21-23-19-22-16-7-5-6-8-17(16)24(19)4/h5-12,26H,1-4H3,(H,22,23). The van der Waals surface area contributed by atoms with Gasteiger partial charge in [0.2, 0.25) is 5.95 Å². The molecule has 0 saturated heterocycles. The van der Waals surface area contributed by atoms with Gasteiger partial charge in [-0.05, 0) is 35.2 Å². The first-order valence-corrected chi connectivity index (χ1v) is 8.34. The van der Waals surface area contributed by atoms with Crippen LogP contribution in [0.5, 0.6) is 5.75 Å². The number of imidazole rings is 1. The fourth-order valence-electron chi connectivity index (χ4n) is 2.71. The number of anilines is 1. The average molecular weight is 350 g/mol. The van der Waals surface area contributed by atoms with E-state index < -0.39 is 0 Å². The Morgan fingerprint density at radius 3 is 2.54 bits per heavy atom. The number of hydrogen-bond donors (Lipinski definition) is 2. The van der Waals surface area contributed by atoms with Gasteiger partial charge in [0.1, 0.15) is 5.75 Å². The van der Waals surface area contributed by atoms with Gasteiger partial charge in [0, 0.05) is 12.6 Å². The van der Waals surface area contributed by atoms with Crippen LogP contribution in [0.25, 0.3) is 11.0 Å². The van der Waals surface area contributed by atoms with Crippen molar-refractivity contribution >= 4 is 29.5 Å². The summed E-state index contributed by atoms with van der Waals surface area (Å²) in [6.45, 7) is 6.14. The van der Waals surface area contributed by atoms with Gasteiger partial charge in [-0.3, -0.25) is 4.79 Å². The second-order valence-electron chi connectivity index (χ2n) is 7.22. The highest BCUT2D eigenvalue weighted by atomic mass is 16.3. The molecule has 0 atom stereocenters. The highest BCUT2D eigenvalue weighted by Crippen LogP contribution is 2.29. The maximum atomic E-state index is 11.3. The van der Waals surface area contributed by atoms with Gasteiger partial charge in [-0.2, -0.15) is 5.10 Å². The number of hydrogen-bond acceptors (Lipinski definition) is 5. The van der Waals surface area contributed by atoms with Crippen molar-refractivity contribution in [2.45, 2.75) is 26.2 Å². The van der Waals surface area contributed by atoms with Gasteiger partial charge < -0.3 is 9.67 Å². The zero-order chi connectivity index (χ0) is 18.9. The predicted octanol–water partition coefficient (Wildman–Crippen LogP) is 3.83. The fourth-order valence-corrected chi connectivity index (χ4v) is 2.71. The van der Waals surface area contributed by atoms with E-state index >= 15 is 0 Å². The Morgan fingerprint density at radius 2 is 1.88 bits per heavy atom. The molecular formula is C20H22N4O2. The maximum Gasteiger partial charge on any atom is 0.224 e. The monoisotopic (exact) mass is 350 g/mol. The van der Waals surface area contributed by atoms with E-state index in [1.165, 1.54) is 6.21 Å². The van der Waals surface area contributed by atoms with Crippen LogP contribution in [0.15, 0.2) is 41.5 Å². The van der Waals surface area contributed by atoms with Gasteiger partial charge in [0.25, 0.3) is 0 Å². The third-order valence-corrected chi connectivity index (χ3v) is 4.32. The molecule has 0 bridgehead atoms. The number of aryl methyl sites for hydroxylation is 1. The van der Waals surface area contributed by atoms with Crippen LogP contribution in [0.3, 0.4) is 0 Å². The summed E-state index contributed by atoms with van der Waals surface area (Å²) in [4.78, 5) is 15.7. The lowest BCUT2D eigenvalue weighted by molar-refractivity contribution is 0.112. The number of aldehydes is 1. The Hall–Kier alpha value is -3.15. The number of aromatic nitrogens is 2. The number of fused-ring (bicyclic) bond motifs is 1. The highest BCUT2D eigenvalue weighted by Gasteiger charge is 2.18. The summed E-state index contributed by atoms with van der Waals surface area (Å²) < 4.78 is 1.90. The first-order chi connectivity index (χ1) is 12.3. The minimum absolute atomic E-state index is 0.0800. The zero-order valence-electron chi connectivity index (χ0n) is 15.3. The number of hydrazone groups is 1. The molecule has 6 nitrogen and oxygen atoms in total. The van der Waals surface area contributed by atoms with E-state index in [1.807, 2.05) is 62.7 Å². The summed E-state index contributed by atoms with van der Waals surface area (Å²) in [5.41, 5.74) is 6.28. The number of benzene rings is 2. The predicted molar refractivity (Wildman–Crippen MR) is 104 cm³/mol. The number of phenols is 1. The number of nitrogens with zero attached hydrogens (tertiary/aromatic N) is 3. The Balaban J connectivity index is 1.92. The number of nitrogens with one attached hydrogen (secondary N) is 1.